The zero-order valence-corrected chi connectivity index (χ0v) is 38.7. The molecule has 2 unspecified atom stereocenters. The van der Waals surface area contributed by atoms with Crippen LogP contribution in [0, 0.1) is 5.92 Å². The fourth-order valence-electron chi connectivity index (χ4n) is 6.22. The Kier molecular flexibility index (Phi) is 23.2. The summed E-state index contributed by atoms with van der Waals surface area (Å²) >= 11 is 0. The van der Waals surface area contributed by atoms with Crippen molar-refractivity contribution in [3.63, 3.8) is 0 Å². The average molecular weight is 883 g/mol. The van der Waals surface area contributed by atoms with E-state index in [1.807, 2.05) is 45.9 Å². The Labute approximate surface area is 371 Å². The number of esters is 1. The van der Waals surface area contributed by atoms with Crippen LogP contribution in [-0.2, 0) is 23.8 Å². The van der Waals surface area contributed by atoms with Crippen LogP contribution in [0.15, 0.2) is 47.0 Å². The minimum Gasteiger partial charge on any atom is -0.460 e. The van der Waals surface area contributed by atoms with Gasteiger partial charge in [-0.3, -0.25) is 19.4 Å². The summed E-state index contributed by atoms with van der Waals surface area (Å²) in [7, 11) is 3.35. The number of hydrogen-bond donors (Lipinski definition) is 3. The third-order valence-electron chi connectivity index (χ3n) is 9.28. The molecule has 1 aromatic carbocycles. The highest BCUT2D eigenvalue weighted by Crippen LogP contribution is 2.35. The number of morpholine rings is 1. The molecule has 63 heavy (non-hydrogen) atoms. The highest BCUT2D eigenvalue weighted by Gasteiger charge is 2.25. The highest BCUT2D eigenvalue weighted by atomic mass is 16.7. The molecule has 3 N–H and O–H groups in total. The van der Waals surface area contributed by atoms with Crippen LogP contribution in [0.3, 0.4) is 0 Å². The van der Waals surface area contributed by atoms with E-state index >= 15 is 0 Å². The molecule has 3 aromatic heterocycles. The number of furan rings is 1. The Morgan fingerprint density at radius 3 is 2.30 bits per heavy atom. The number of hydrogen-bond acceptors (Lipinski definition) is 16. The molecular weight excluding hydrogens is 813 g/mol. The van der Waals surface area contributed by atoms with Crippen molar-refractivity contribution in [2.24, 2.45) is 5.92 Å². The monoisotopic (exact) mass is 883 g/mol. The van der Waals surface area contributed by atoms with Gasteiger partial charge in [0.25, 0.3) is 0 Å². The quantitative estimate of drug-likeness (QED) is 0.0983. The fourth-order valence-corrected chi connectivity index (χ4v) is 6.22. The first-order valence-corrected chi connectivity index (χ1v) is 22.1. The molecule has 0 aliphatic carbocycles. The second kappa shape index (κ2) is 27.9. The van der Waals surface area contributed by atoms with Gasteiger partial charge in [0.1, 0.15) is 24.1 Å². The third kappa shape index (κ3) is 16.9. The maximum atomic E-state index is 13.2. The largest absolute Gasteiger partial charge is 0.460 e. The number of likely N-dealkylation sites (N-methyl/N-ethyl adjacent to an activating group) is 1. The van der Waals surface area contributed by atoms with E-state index in [2.05, 4.69) is 40.9 Å². The minimum atomic E-state index is -1.38. The summed E-state index contributed by atoms with van der Waals surface area (Å²) in [6.07, 6.45) is -0.427. The number of carbonyl (C=O) groups excluding carboxylic acids is 3. The van der Waals surface area contributed by atoms with Crippen molar-refractivity contribution in [3.8, 4) is 17.1 Å². The van der Waals surface area contributed by atoms with Crippen molar-refractivity contribution in [2.75, 3.05) is 97.8 Å². The second-order valence-electron chi connectivity index (χ2n) is 15.1. The van der Waals surface area contributed by atoms with E-state index in [1.54, 1.807) is 48.3 Å². The van der Waals surface area contributed by atoms with Crippen LogP contribution in [0.25, 0.3) is 33.6 Å². The topological polar surface area (TPSA) is 205 Å². The maximum absolute atomic E-state index is 13.2. The van der Waals surface area contributed by atoms with Gasteiger partial charge in [-0.2, -0.15) is 0 Å². The number of aliphatic hydroxyl groups is 2. The maximum Gasteiger partial charge on any atom is 0.415 e. The molecule has 2 saturated heterocycles. The highest BCUT2D eigenvalue weighted by molar-refractivity contribution is 6.05. The molecule has 0 spiro atoms. The van der Waals surface area contributed by atoms with Gasteiger partial charge in [-0.25, -0.2) is 19.7 Å². The molecule has 18 nitrogen and oxygen atoms in total. The van der Waals surface area contributed by atoms with E-state index in [0.717, 1.165) is 11.3 Å². The van der Waals surface area contributed by atoms with Crippen molar-refractivity contribution >= 4 is 46.0 Å². The number of aromatic nitrogens is 3. The molecule has 0 saturated carbocycles. The number of benzene rings is 1. The number of nitrogens with one attached hydrogen (secondary N) is 1. The van der Waals surface area contributed by atoms with Gasteiger partial charge in [-0.05, 0) is 50.7 Å². The Balaban J connectivity index is 0.00000123. The Morgan fingerprint density at radius 1 is 0.937 bits per heavy atom. The number of rotatable bonds is 16. The van der Waals surface area contributed by atoms with Crippen LogP contribution < -0.4 is 15.0 Å². The number of ether oxygens (including phenoxy) is 4. The summed E-state index contributed by atoms with van der Waals surface area (Å²) in [6.45, 7) is 19.5. The zero-order chi connectivity index (χ0) is 46.3. The Bertz CT molecular complexity index is 1960. The number of anilines is 1. The third-order valence-corrected chi connectivity index (χ3v) is 9.28. The van der Waals surface area contributed by atoms with E-state index in [-0.39, 0.29) is 32.0 Å². The summed E-state index contributed by atoms with van der Waals surface area (Å²) in [5.41, 5.74) is 2.40. The first-order chi connectivity index (χ1) is 30.4. The number of amides is 2. The molecule has 350 valence electrons. The van der Waals surface area contributed by atoms with Gasteiger partial charge in [-0.1, -0.05) is 60.6 Å². The zero-order valence-electron chi connectivity index (χ0n) is 38.7. The smallest absolute Gasteiger partial charge is 0.415 e. The predicted molar refractivity (Wildman–Crippen MR) is 242 cm³/mol. The lowest BCUT2D eigenvalue weighted by atomic mass is 10.2. The summed E-state index contributed by atoms with van der Waals surface area (Å²) in [5, 5.41) is 22.8. The second-order valence-corrected chi connectivity index (χ2v) is 15.1. The molecule has 2 amide bonds. The standard InChI is InChI=1S/C37H48N8O10.C4H10.2C2H6/c1-42(2)29(23-46)54-31(49)24-52-30(48)10-4-9-28(47)38-12-13-43-14-16-45(17-15-43)37(50)53-26-7-3-6-25(22-26)34-40-32-27-8-5-11-39-36(27)55-33(32)35(41-34)44-18-20-51-21-19-44;1-4(2)3;2*1-2/h3,5-8,11,22,29,31,46,49H,4,9-10,12-21,23-24H2,1-2H3,(H,38,47);4H,1-3H3;2*1-2H3. The number of fused-ring (bicyclic) bond motifs is 3. The Morgan fingerprint density at radius 2 is 1.63 bits per heavy atom. The number of carbonyl (C=O) groups is 3. The molecular formula is C45H70N8O10. The fraction of sp³-hybridized carbons (Fsp3) is 0.600. The molecule has 4 aromatic rings. The van der Waals surface area contributed by atoms with Crippen LogP contribution in [-0.4, -0.2) is 163 Å². The molecule has 2 aliphatic rings. The molecule has 5 heterocycles. The molecule has 18 heteroatoms. The average Bonchev–Trinajstić information content (AvgIpc) is 3.67. The van der Waals surface area contributed by atoms with E-state index in [0.29, 0.717) is 112 Å². The number of nitrogens with zero attached hydrogens (tertiary/aromatic N) is 7. The Hall–Kier alpha value is -4.98. The van der Waals surface area contributed by atoms with Crippen LogP contribution >= 0.6 is 0 Å². The van der Waals surface area contributed by atoms with Crippen molar-refractivity contribution in [2.45, 2.75) is 80.2 Å². The lowest BCUT2D eigenvalue weighted by Gasteiger charge is -2.34. The molecule has 2 fully saturated rings. The van der Waals surface area contributed by atoms with Crippen molar-refractivity contribution < 1.29 is 48.0 Å². The molecule has 0 radical (unpaired) electrons. The predicted octanol–water partition coefficient (Wildman–Crippen LogP) is 5.15. The van der Waals surface area contributed by atoms with Crippen molar-refractivity contribution in [1.29, 1.82) is 0 Å². The molecule has 2 atom stereocenters. The molecule has 0 bridgehead atoms. The first kappa shape index (κ1) is 52.4. The van der Waals surface area contributed by atoms with Gasteiger partial charge in [0.05, 0.1) is 25.2 Å². The summed E-state index contributed by atoms with van der Waals surface area (Å²) in [6, 6.07) is 10.9. The van der Waals surface area contributed by atoms with E-state index in [1.165, 1.54) is 0 Å². The van der Waals surface area contributed by atoms with Crippen LogP contribution in [0.2, 0.25) is 0 Å². The van der Waals surface area contributed by atoms with Crippen LogP contribution in [0.4, 0.5) is 10.6 Å². The van der Waals surface area contributed by atoms with Gasteiger partial charge in [-0.15, -0.1) is 0 Å². The van der Waals surface area contributed by atoms with E-state index < -0.39 is 24.6 Å². The number of pyridine rings is 1. The SMILES string of the molecule is CC.CC.CC(C)C.CN(C)C(CO)OC(O)COC(=O)CCCC(=O)NCCN1CCN(C(=O)Oc2cccc(-c3nc(N4CCOCC4)c4oc5ncccc5c4n3)c2)CC1. The van der Waals surface area contributed by atoms with E-state index in [4.69, 9.17) is 33.3 Å². The van der Waals surface area contributed by atoms with Crippen LogP contribution in [0.5, 0.6) is 5.75 Å². The summed E-state index contributed by atoms with van der Waals surface area (Å²) in [5.74, 6) is 1.60. The van der Waals surface area contributed by atoms with Crippen LogP contribution in [0.1, 0.15) is 67.7 Å². The first-order valence-electron chi connectivity index (χ1n) is 22.1. The van der Waals surface area contributed by atoms with Gasteiger partial charge in [0, 0.05) is 77.0 Å². The van der Waals surface area contributed by atoms with Gasteiger partial charge < -0.3 is 48.7 Å². The molecule has 6 rings (SSSR count). The summed E-state index contributed by atoms with van der Waals surface area (Å²) in [4.78, 5) is 59.1. The van der Waals surface area contributed by atoms with Gasteiger partial charge >= 0.3 is 12.1 Å². The summed E-state index contributed by atoms with van der Waals surface area (Å²) < 4.78 is 27.7. The van der Waals surface area contributed by atoms with Crippen molar-refractivity contribution in [1.82, 2.24) is 35.0 Å². The minimum absolute atomic E-state index is 0.0135. The molecule has 2 aliphatic heterocycles. The van der Waals surface area contributed by atoms with Gasteiger partial charge in [0.2, 0.25) is 11.6 Å². The number of piperazine rings is 1. The lowest BCUT2D eigenvalue weighted by molar-refractivity contribution is -0.207. The van der Waals surface area contributed by atoms with Crippen molar-refractivity contribution in [3.05, 3.63) is 42.6 Å². The number of aliphatic hydroxyl groups excluding tert-OH is 2. The lowest BCUT2D eigenvalue weighted by Crippen LogP contribution is -2.51. The van der Waals surface area contributed by atoms with E-state index in [9.17, 15) is 24.6 Å². The normalized spacial score (nSPS) is 15.1. The van der Waals surface area contributed by atoms with Gasteiger partial charge in [0.15, 0.2) is 23.5 Å².